The lowest BCUT2D eigenvalue weighted by Gasteiger charge is -2.12. The summed E-state index contributed by atoms with van der Waals surface area (Å²) in [5, 5.41) is 17.9. The van der Waals surface area contributed by atoms with Gasteiger partial charge < -0.3 is 20.3 Å². The molecule has 1 aliphatic carbocycles. The third-order valence-electron chi connectivity index (χ3n) is 6.32. The topological polar surface area (TPSA) is 193 Å². The fourth-order valence-electron chi connectivity index (χ4n) is 3.75. The highest BCUT2D eigenvalue weighted by molar-refractivity contribution is 7.92. The van der Waals surface area contributed by atoms with E-state index in [0.717, 1.165) is 12.8 Å². The van der Waals surface area contributed by atoms with E-state index in [1.54, 1.807) is 36.4 Å². The first-order valence-electron chi connectivity index (χ1n) is 12.4. The standard InChI is InChI=1S/C27H24N6O7S/c1-27(12-13-27)26(37)28-17-4-2-5-18(14-17)33-41(38,39)19-10-8-16(9-11-19)24-31-25(40-32-24)20-6-3-7-21(29-20)30-22(34)15-23(35)36/h2-11,14,33H,12-13,15H2,1H3,(H,28,37)(H,35,36)(H,29,30,34). The Morgan fingerprint density at radius 2 is 1.66 bits per heavy atom. The summed E-state index contributed by atoms with van der Waals surface area (Å²) in [6.07, 6.45) is 0.945. The molecule has 1 fully saturated rings. The second-order valence-corrected chi connectivity index (χ2v) is 11.4. The molecule has 0 spiro atoms. The Morgan fingerprint density at radius 1 is 0.951 bits per heavy atom. The van der Waals surface area contributed by atoms with Gasteiger partial charge in [0.2, 0.25) is 17.6 Å². The van der Waals surface area contributed by atoms with Crippen LogP contribution >= 0.6 is 0 Å². The Kier molecular flexibility index (Phi) is 7.24. The molecule has 0 radical (unpaired) electrons. The summed E-state index contributed by atoms with van der Waals surface area (Å²) in [6.45, 7) is 1.89. The van der Waals surface area contributed by atoms with Gasteiger partial charge in [0.1, 0.15) is 17.9 Å². The van der Waals surface area contributed by atoms with Crippen LogP contribution in [0.2, 0.25) is 0 Å². The normalized spacial score (nSPS) is 13.7. The molecule has 210 valence electrons. The Morgan fingerprint density at radius 3 is 2.37 bits per heavy atom. The number of hydrogen-bond acceptors (Lipinski definition) is 9. The second kappa shape index (κ2) is 10.8. The van der Waals surface area contributed by atoms with Crippen LogP contribution in [0.25, 0.3) is 23.0 Å². The zero-order chi connectivity index (χ0) is 29.2. The van der Waals surface area contributed by atoms with Crippen molar-refractivity contribution < 1.29 is 32.4 Å². The van der Waals surface area contributed by atoms with E-state index < -0.39 is 28.3 Å². The molecule has 0 atom stereocenters. The molecule has 41 heavy (non-hydrogen) atoms. The monoisotopic (exact) mass is 576 g/mol. The summed E-state index contributed by atoms with van der Waals surface area (Å²) in [5.41, 5.74) is 1.14. The number of benzene rings is 2. The summed E-state index contributed by atoms with van der Waals surface area (Å²) in [4.78, 5) is 43.2. The number of carboxylic acid groups (broad SMARTS) is 1. The number of anilines is 3. The molecule has 2 heterocycles. The number of hydrogen-bond donors (Lipinski definition) is 4. The van der Waals surface area contributed by atoms with Crippen molar-refractivity contribution in [3.8, 4) is 23.0 Å². The van der Waals surface area contributed by atoms with Crippen LogP contribution in [0, 0.1) is 5.41 Å². The second-order valence-electron chi connectivity index (χ2n) is 9.68. The van der Waals surface area contributed by atoms with E-state index >= 15 is 0 Å². The Hall–Kier alpha value is -5.11. The van der Waals surface area contributed by atoms with Crippen LogP contribution in [-0.2, 0) is 24.4 Å². The van der Waals surface area contributed by atoms with Crippen molar-refractivity contribution in [3.63, 3.8) is 0 Å². The van der Waals surface area contributed by atoms with E-state index in [4.69, 9.17) is 9.63 Å². The van der Waals surface area contributed by atoms with Gasteiger partial charge in [0.15, 0.2) is 0 Å². The maximum atomic E-state index is 13.0. The molecule has 4 N–H and O–H groups in total. The van der Waals surface area contributed by atoms with Crippen LogP contribution in [0.1, 0.15) is 26.2 Å². The summed E-state index contributed by atoms with van der Waals surface area (Å²) in [6, 6.07) is 16.9. The molecular formula is C27H24N6O7S. The van der Waals surface area contributed by atoms with Crippen LogP contribution in [0.15, 0.2) is 76.1 Å². The van der Waals surface area contributed by atoms with Crippen molar-refractivity contribution in [2.75, 3.05) is 15.4 Å². The molecule has 1 saturated carbocycles. The van der Waals surface area contributed by atoms with E-state index in [9.17, 15) is 22.8 Å². The number of rotatable bonds is 10. The van der Waals surface area contributed by atoms with Gasteiger partial charge in [-0.2, -0.15) is 4.98 Å². The number of pyridine rings is 1. The molecule has 0 unspecified atom stereocenters. The number of aromatic nitrogens is 3. The highest BCUT2D eigenvalue weighted by Gasteiger charge is 2.44. The van der Waals surface area contributed by atoms with Crippen LogP contribution < -0.4 is 15.4 Å². The van der Waals surface area contributed by atoms with E-state index in [-0.39, 0.29) is 39.4 Å². The van der Waals surface area contributed by atoms with Crippen LogP contribution in [0.5, 0.6) is 0 Å². The van der Waals surface area contributed by atoms with E-state index in [2.05, 4.69) is 30.5 Å². The Balaban J connectivity index is 1.26. The van der Waals surface area contributed by atoms with E-state index in [1.165, 1.54) is 30.3 Å². The van der Waals surface area contributed by atoms with Gasteiger partial charge in [0.25, 0.3) is 15.9 Å². The van der Waals surface area contributed by atoms with Gasteiger partial charge >= 0.3 is 5.97 Å². The first-order chi connectivity index (χ1) is 19.5. The van der Waals surface area contributed by atoms with E-state index in [0.29, 0.717) is 16.9 Å². The van der Waals surface area contributed by atoms with Gasteiger partial charge in [-0.1, -0.05) is 24.2 Å². The minimum Gasteiger partial charge on any atom is -0.481 e. The first kappa shape index (κ1) is 27.5. The van der Waals surface area contributed by atoms with Gasteiger partial charge in [-0.3, -0.25) is 19.1 Å². The number of sulfonamides is 1. The van der Waals surface area contributed by atoms with Gasteiger partial charge in [-0.25, -0.2) is 13.4 Å². The molecule has 13 nitrogen and oxygen atoms in total. The lowest BCUT2D eigenvalue weighted by atomic mass is 10.1. The molecule has 2 amide bonds. The Bertz CT molecular complexity index is 1750. The third kappa shape index (κ3) is 6.55. The fourth-order valence-corrected chi connectivity index (χ4v) is 4.80. The molecule has 0 aliphatic heterocycles. The number of amides is 2. The zero-order valence-corrected chi connectivity index (χ0v) is 22.4. The smallest absolute Gasteiger partial charge is 0.312 e. The molecule has 2 aromatic heterocycles. The number of aliphatic carboxylic acids is 1. The van der Waals surface area contributed by atoms with Crippen LogP contribution in [-0.4, -0.2) is 46.4 Å². The van der Waals surface area contributed by atoms with Gasteiger partial charge in [-0.05, 0) is 67.4 Å². The molecular weight excluding hydrogens is 552 g/mol. The Labute approximate surface area is 234 Å². The van der Waals surface area contributed by atoms with Gasteiger partial charge in [0.05, 0.1) is 10.6 Å². The maximum Gasteiger partial charge on any atom is 0.312 e. The minimum absolute atomic E-state index is 0.00336. The summed E-state index contributed by atoms with van der Waals surface area (Å²) in [5.74, 6) is -1.78. The largest absolute Gasteiger partial charge is 0.481 e. The number of nitrogens with one attached hydrogen (secondary N) is 3. The van der Waals surface area contributed by atoms with Crippen molar-refractivity contribution in [2.24, 2.45) is 5.41 Å². The highest BCUT2D eigenvalue weighted by Crippen LogP contribution is 2.45. The average Bonchev–Trinajstić information content (AvgIpc) is 3.48. The third-order valence-corrected chi connectivity index (χ3v) is 7.71. The average molecular weight is 577 g/mol. The fraction of sp³-hybridized carbons (Fsp3) is 0.185. The summed E-state index contributed by atoms with van der Waals surface area (Å²) in [7, 11) is -3.94. The molecule has 0 saturated heterocycles. The van der Waals surface area contributed by atoms with Gasteiger partial charge in [-0.15, -0.1) is 0 Å². The van der Waals surface area contributed by atoms with E-state index in [1.807, 2.05) is 6.92 Å². The molecule has 1 aliphatic rings. The summed E-state index contributed by atoms with van der Waals surface area (Å²) >= 11 is 0. The first-order valence-corrected chi connectivity index (χ1v) is 13.9. The predicted octanol–water partition coefficient (Wildman–Crippen LogP) is 3.75. The number of carbonyl (C=O) groups excluding carboxylic acids is 2. The van der Waals surface area contributed by atoms with Crippen LogP contribution in [0.4, 0.5) is 17.2 Å². The van der Waals surface area contributed by atoms with Crippen molar-refractivity contribution in [1.82, 2.24) is 15.1 Å². The molecule has 14 heteroatoms. The maximum absolute atomic E-state index is 13.0. The van der Waals surface area contributed by atoms with Crippen molar-refractivity contribution in [2.45, 2.75) is 31.1 Å². The minimum atomic E-state index is -3.94. The zero-order valence-electron chi connectivity index (χ0n) is 21.6. The molecule has 0 bridgehead atoms. The summed E-state index contributed by atoms with van der Waals surface area (Å²) < 4.78 is 33.8. The number of carbonyl (C=O) groups is 3. The van der Waals surface area contributed by atoms with Crippen molar-refractivity contribution in [3.05, 3.63) is 66.7 Å². The van der Waals surface area contributed by atoms with Gasteiger partial charge in [0, 0.05) is 16.7 Å². The SMILES string of the molecule is CC1(C(=O)Nc2cccc(NS(=O)(=O)c3ccc(-c4noc(-c5cccc(NC(=O)CC(=O)O)n5)n4)cc3)c2)CC1. The predicted molar refractivity (Wildman–Crippen MR) is 147 cm³/mol. The quantitative estimate of drug-likeness (QED) is 0.202. The molecule has 5 rings (SSSR count). The van der Waals surface area contributed by atoms with Crippen LogP contribution in [0.3, 0.4) is 0 Å². The number of nitrogens with zero attached hydrogens (tertiary/aromatic N) is 3. The lowest BCUT2D eigenvalue weighted by Crippen LogP contribution is -2.21. The number of carboxylic acids is 1. The lowest BCUT2D eigenvalue weighted by molar-refractivity contribution is -0.139. The highest BCUT2D eigenvalue weighted by atomic mass is 32.2. The molecule has 2 aromatic carbocycles. The van der Waals surface area contributed by atoms with Crippen molar-refractivity contribution in [1.29, 1.82) is 0 Å². The van der Waals surface area contributed by atoms with Crippen molar-refractivity contribution >= 4 is 45.0 Å². The molecule has 4 aromatic rings.